The fourth-order valence-corrected chi connectivity index (χ4v) is 2.99. The molecule has 8 heteroatoms. The highest BCUT2D eigenvalue weighted by Crippen LogP contribution is 2.18. The van der Waals surface area contributed by atoms with E-state index >= 15 is 0 Å². The van der Waals surface area contributed by atoms with Crippen molar-refractivity contribution in [2.75, 3.05) is 37.7 Å². The van der Waals surface area contributed by atoms with Crippen LogP contribution in [0.5, 0.6) is 0 Å². The van der Waals surface area contributed by atoms with Gasteiger partial charge < -0.3 is 20.3 Å². The number of aryl methyl sites for hydroxylation is 1. The van der Waals surface area contributed by atoms with Crippen molar-refractivity contribution >= 4 is 36.5 Å². The molecule has 0 radical (unpaired) electrons. The number of hydrogen-bond donors (Lipinski definition) is 2. The van der Waals surface area contributed by atoms with Crippen LogP contribution in [-0.2, 0) is 9.53 Å². The van der Waals surface area contributed by atoms with Gasteiger partial charge in [0.15, 0.2) is 0 Å². The summed E-state index contributed by atoms with van der Waals surface area (Å²) in [4.78, 5) is 19.0. The molecule has 6 nitrogen and oxygen atoms in total. The van der Waals surface area contributed by atoms with Gasteiger partial charge in [-0.2, -0.15) is 0 Å². The third-order valence-corrected chi connectivity index (χ3v) is 4.26. The molecule has 1 aromatic rings. The number of amides is 1. The van der Waals surface area contributed by atoms with Crippen LogP contribution in [0.1, 0.15) is 18.5 Å². The van der Waals surface area contributed by atoms with E-state index in [4.69, 9.17) is 4.74 Å². The first kappa shape index (κ1) is 21.0. The SMILES string of the molecule is Cc1cccc(N2CCC(NC(=O)[C@H]3CNCCO3)CC2)n1.Cl.Cl. The van der Waals surface area contributed by atoms with Crippen LogP contribution in [0.15, 0.2) is 18.2 Å². The number of nitrogens with one attached hydrogen (secondary N) is 2. The fraction of sp³-hybridized carbons (Fsp3) is 0.625. The third kappa shape index (κ3) is 5.48. The predicted octanol–water partition coefficient (Wildman–Crippen LogP) is 1.31. The van der Waals surface area contributed by atoms with Gasteiger partial charge in [0, 0.05) is 37.9 Å². The van der Waals surface area contributed by atoms with Crippen molar-refractivity contribution in [3.05, 3.63) is 23.9 Å². The number of rotatable bonds is 3. The van der Waals surface area contributed by atoms with E-state index in [-0.39, 0.29) is 42.9 Å². The van der Waals surface area contributed by atoms with Crippen molar-refractivity contribution in [3.63, 3.8) is 0 Å². The van der Waals surface area contributed by atoms with Gasteiger partial charge in [-0.3, -0.25) is 4.79 Å². The second-order valence-electron chi connectivity index (χ2n) is 5.97. The minimum absolute atomic E-state index is 0. The maximum absolute atomic E-state index is 12.2. The summed E-state index contributed by atoms with van der Waals surface area (Å²) < 4.78 is 5.49. The Morgan fingerprint density at radius 2 is 2.08 bits per heavy atom. The van der Waals surface area contributed by atoms with Crippen LogP contribution in [0.2, 0.25) is 0 Å². The molecule has 2 aliphatic heterocycles. The van der Waals surface area contributed by atoms with Gasteiger partial charge in [0.05, 0.1) is 6.61 Å². The monoisotopic (exact) mass is 376 g/mol. The second-order valence-corrected chi connectivity index (χ2v) is 5.97. The number of aromatic nitrogens is 1. The summed E-state index contributed by atoms with van der Waals surface area (Å²) in [6.45, 7) is 5.89. The van der Waals surface area contributed by atoms with E-state index in [9.17, 15) is 4.79 Å². The van der Waals surface area contributed by atoms with Gasteiger partial charge in [-0.25, -0.2) is 4.98 Å². The summed E-state index contributed by atoms with van der Waals surface area (Å²) in [5, 5.41) is 6.31. The number of morpholine rings is 1. The van der Waals surface area contributed by atoms with Gasteiger partial charge in [-0.1, -0.05) is 6.07 Å². The topological polar surface area (TPSA) is 66.5 Å². The van der Waals surface area contributed by atoms with Crippen LogP contribution in [-0.4, -0.2) is 55.8 Å². The average molecular weight is 377 g/mol. The summed E-state index contributed by atoms with van der Waals surface area (Å²) >= 11 is 0. The van der Waals surface area contributed by atoms with Crippen LogP contribution in [0.4, 0.5) is 5.82 Å². The normalized spacial score (nSPS) is 21.4. The van der Waals surface area contributed by atoms with Gasteiger partial charge in [-0.05, 0) is 31.9 Å². The Labute approximate surface area is 155 Å². The molecule has 3 rings (SSSR count). The minimum Gasteiger partial charge on any atom is -0.366 e. The first-order valence-corrected chi connectivity index (χ1v) is 8.03. The van der Waals surface area contributed by atoms with Gasteiger partial charge in [-0.15, -0.1) is 24.8 Å². The molecule has 1 atom stereocenters. The number of carbonyl (C=O) groups is 1. The molecule has 2 aliphatic rings. The maximum Gasteiger partial charge on any atom is 0.250 e. The van der Waals surface area contributed by atoms with Crippen molar-refractivity contribution in [1.82, 2.24) is 15.6 Å². The van der Waals surface area contributed by atoms with Crippen molar-refractivity contribution in [1.29, 1.82) is 0 Å². The molecule has 2 N–H and O–H groups in total. The molecule has 136 valence electrons. The molecule has 1 aromatic heterocycles. The Bertz CT molecular complexity index is 519. The quantitative estimate of drug-likeness (QED) is 0.832. The molecule has 2 fully saturated rings. The molecule has 1 amide bonds. The number of piperidine rings is 1. The van der Waals surface area contributed by atoms with E-state index in [2.05, 4.69) is 20.5 Å². The first-order valence-electron chi connectivity index (χ1n) is 8.03. The van der Waals surface area contributed by atoms with Gasteiger partial charge in [0.2, 0.25) is 0 Å². The van der Waals surface area contributed by atoms with Crippen LogP contribution in [0.25, 0.3) is 0 Å². The maximum atomic E-state index is 12.2. The molecule has 3 heterocycles. The van der Waals surface area contributed by atoms with Crippen LogP contribution >= 0.6 is 24.8 Å². The number of anilines is 1. The zero-order chi connectivity index (χ0) is 15.4. The van der Waals surface area contributed by atoms with Gasteiger partial charge in [0.25, 0.3) is 5.91 Å². The number of hydrogen-bond acceptors (Lipinski definition) is 5. The summed E-state index contributed by atoms with van der Waals surface area (Å²) in [6, 6.07) is 6.33. The highest BCUT2D eigenvalue weighted by molar-refractivity contribution is 5.85. The zero-order valence-corrected chi connectivity index (χ0v) is 15.5. The molecule has 2 saturated heterocycles. The molecular weight excluding hydrogens is 351 g/mol. The zero-order valence-electron chi connectivity index (χ0n) is 13.9. The van der Waals surface area contributed by atoms with E-state index < -0.39 is 0 Å². The predicted molar refractivity (Wildman–Crippen MR) is 99.5 cm³/mol. The van der Waals surface area contributed by atoms with Crippen molar-refractivity contribution in [2.45, 2.75) is 31.9 Å². The van der Waals surface area contributed by atoms with E-state index in [0.717, 1.165) is 44.0 Å². The fourth-order valence-electron chi connectivity index (χ4n) is 2.99. The van der Waals surface area contributed by atoms with E-state index in [1.165, 1.54) is 0 Å². The van der Waals surface area contributed by atoms with E-state index in [0.29, 0.717) is 13.2 Å². The summed E-state index contributed by atoms with van der Waals surface area (Å²) in [6.07, 6.45) is 1.55. The number of halogens is 2. The Morgan fingerprint density at radius 3 is 2.71 bits per heavy atom. The largest absolute Gasteiger partial charge is 0.366 e. The molecule has 24 heavy (non-hydrogen) atoms. The molecule has 0 bridgehead atoms. The van der Waals surface area contributed by atoms with Crippen LogP contribution in [0.3, 0.4) is 0 Å². The highest BCUT2D eigenvalue weighted by Gasteiger charge is 2.26. The van der Waals surface area contributed by atoms with Crippen molar-refractivity contribution in [3.8, 4) is 0 Å². The number of carbonyl (C=O) groups excluding carboxylic acids is 1. The number of ether oxygens (including phenoxy) is 1. The third-order valence-electron chi connectivity index (χ3n) is 4.26. The van der Waals surface area contributed by atoms with E-state index in [1.54, 1.807) is 0 Å². The lowest BCUT2D eigenvalue weighted by atomic mass is 10.0. The molecular formula is C16H26Cl2N4O2. The standard InChI is InChI=1S/C16H24N4O2.2ClH/c1-12-3-2-4-15(18-12)20-8-5-13(6-9-20)19-16(21)14-11-17-7-10-22-14;;/h2-4,13-14,17H,5-11H2,1H3,(H,19,21);2*1H/t14-;;/m1../s1. The van der Waals surface area contributed by atoms with Gasteiger partial charge >= 0.3 is 0 Å². The van der Waals surface area contributed by atoms with Crippen LogP contribution < -0.4 is 15.5 Å². The molecule has 0 aromatic carbocycles. The Kier molecular flexibility index (Phi) is 8.76. The number of nitrogens with zero attached hydrogens (tertiary/aromatic N) is 2. The van der Waals surface area contributed by atoms with Crippen molar-refractivity contribution in [2.24, 2.45) is 0 Å². The summed E-state index contributed by atoms with van der Waals surface area (Å²) in [5.74, 6) is 1.05. The average Bonchev–Trinajstić information content (AvgIpc) is 2.56. The molecule has 0 unspecified atom stereocenters. The highest BCUT2D eigenvalue weighted by atomic mass is 35.5. The summed E-state index contributed by atoms with van der Waals surface area (Å²) in [5.41, 5.74) is 1.04. The lowest BCUT2D eigenvalue weighted by molar-refractivity contribution is -0.135. The number of pyridine rings is 1. The lowest BCUT2D eigenvalue weighted by Crippen LogP contribution is -2.52. The lowest BCUT2D eigenvalue weighted by Gasteiger charge is -2.34. The second kappa shape index (κ2) is 10.0. The molecule has 0 aliphatic carbocycles. The van der Waals surface area contributed by atoms with Gasteiger partial charge in [0.1, 0.15) is 11.9 Å². The van der Waals surface area contributed by atoms with Crippen molar-refractivity contribution < 1.29 is 9.53 Å². The Hall–Kier alpha value is -1.08. The Morgan fingerprint density at radius 1 is 1.33 bits per heavy atom. The Balaban J connectivity index is 0.00000144. The molecule has 0 spiro atoms. The minimum atomic E-state index is -0.342. The van der Waals surface area contributed by atoms with E-state index in [1.807, 2.05) is 25.1 Å². The van der Waals surface area contributed by atoms with Crippen LogP contribution in [0, 0.1) is 6.92 Å². The first-order chi connectivity index (χ1) is 10.7. The smallest absolute Gasteiger partial charge is 0.250 e. The summed E-state index contributed by atoms with van der Waals surface area (Å²) in [7, 11) is 0. The molecule has 0 saturated carbocycles.